The molecular weight excluding hydrogens is 2100 g/mol. The SMILES string of the molecule is CN1C=CN(c2[c-]cc(-c3ccc4c(c3)oc3ccccc34)cc2)[CH-]1.CN[CH-]N(c1[c-]cc(-c2c(C)cc(-c3ccccc3)cc2C)cc1)c1ccccc1.Cc1cc(-c2ccccc2)cc(C)c1-c1c[c-]c(N2[CH-]N(C)c3ccccc32)cc1.[CH2-]N(c1[c-]cccc1)c1ccccc1NC.[Ir+3].[Ir+3].[Ir].[c-]1ccccc1-c1nccs1.[c-]1ccccc1-n1cccn1. The van der Waals surface area contributed by atoms with E-state index in [1.807, 2.05) is 219 Å². The Labute approximate surface area is 786 Å². The van der Waals surface area contributed by atoms with Gasteiger partial charge in [0.25, 0.3) is 0 Å². The number of furan rings is 1. The number of aryl methyl sites for hydroxylation is 4. The number of aromatic nitrogens is 3. The van der Waals surface area contributed by atoms with Crippen LogP contribution in [0.15, 0.2) is 381 Å². The van der Waals surface area contributed by atoms with Gasteiger partial charge >= 0.3 is 40.2 Å². The number of hydrogen-bond acceptors (Lipinski definition) is 12. The van der Waals surface area contributed by atoms with Crippen molar-refractivity contribution < 1.29 is 64.7 Å². The van der Waals surface area contributed by atoms with Crippen LogP contribution in [0.4, 0.5) is 51.2 Å². The summed E-state index contributed by atoms with van der Waals surface area (Å²) in [5.74, 6) is 0. The molecule has 0 aliphatic carbocycles. The van der Waals surface area contributed by atoms with Crippen LogP contribution in [-0.2, 0) is 60.3 Å². The number of fused-ring (bicyclic) bond motifs is 4. The predicted molar refractivity (Wildman–Crippen MR) is 514 cm³/mol. The van der Waals surface area contributed by atoms with Crippen molar-refractivity contribution in [2.24, 2.45) is 0 Å². The average Bonchev–Trinajstić information content (AvgIpc) is 1.60. The summed E-state index contributed by atoms with van der Waals surface area (Å²) in [5, 5.41) is 15.7. The first-order chi connectivity index (χ1) is 60.3. The van der Waals surface area contributed by atoms with Crippen LogP contribution in [-0.4, -0.2) is 47.9 Å². The van der Waals surface area contributed by atoms with Crippen LogP contribution in [0.3, 0.4) is 0 Å². The third-order valence-electron chi connectivity index (χ3n) is 20.9. The van der Waals surface area contributed by atoms with E-state index >= 15 is 0 Å². The maximum atomic E-state index is 5.99. The topological polar surface area (TPSA) is 87.4 Å². The minimum absolute atomic E-state index is 0. The number of anilines is 9. The average molecular weight is 2190 g/mol. The fourth-order valence-corrected chi connectivity index (χ4v) is 15.6. The van der Waals surface area contributed by atoms with E-state index in [9.17, 15) is 0 Å². The Morgan fingerprint density at radius 2 is 1.02 bits per heavy atom. The van der Waals surface area contributed by atoms with Crippen LogP contribution in [0, 0.1) is 91.1 Å². The van der Waals surface area contributed by atoms with Gasteiger partial charge in [-0.25, -0.2) is 0 Å². The molecule has 2 aliphatic rings. The Bertz CT molecular complexity index is 6160. The third kappa shape index (κ3) is 22.8. The fraction of sp³-hybridized carbons (Fsp3) is 0.0727. The van der Waals surface area contributed by atoms with Gasteiger partial charge < -0.3 is 44.5 Å². The Hall–Kier alpha value is -12.8. The van der Waals surface area contributed by atoms with E-state index in [0.717, 1.165) is 89.1 Å². The van der Waals surface area contributed by atoms with E-state index in [2.05, 4.69) is 314 Å². The van der Waals surface area contributed by atoms with Crippen molar-refractivity contribution in [3.63, 3.8) is 0 Å². The van der Waals surface area contributed by atoms with Crippen LogP contribution in [0.2, 0.25) is 0 Å². The van der Waals surface area contributed by atoms with Gasteiger partial charge in [0.1, 0.15) is 11.2 Å². The summed E-state index contributed by atoms with van der Waals surface area (Å²) in [6.07, 6.45) is 9.48. The van der Waals surface area contributed by atoms with Gasteiger partial charge in [-0.15, -0.1) is 99.6 Å². The molecular formula is C110H93Ir3N11OS-4. The first kappa shape index (κ1) is 92.4. The normalized spacial score (nSPS) is 11.4. The summed E-state index contributed by atoms with van der Waals surface area (Å²) >= 11 is 1.63. The second kappa shape index (κ2) is 45.2. The quantitative estimate of drug-likeness (QED) is 0.0907. The Morgan fingerprint density at radius 1 is 0.452 bits per heavy atom. The van der Waals surface area contributed by atoms with Crippen LogP contribution in [0.1, 0.15) is 22.3 Å². The van der Waals surface area contributed by atoms with E-state index in [0.29, 0.717) is 0 Å². The molecule has 15 aromatic carbocycles. The van der Waals surface area contributed by atoms with Crippen molar-refractivity contribution in [2.75, 3.05) is 58.0 Å². The predicted octanol–water partition coefficient (Wildman–Crippen LogP) is 27.2. The molecule has 126 heavy (non-hydrogen) atoms. The molecule has 1 radical (unpaired) electrons. The van der Waals surface area contributed by atoms with Gasteiger partial charge in [-0.2, -0.15) is 146 Å². The number of rotatable bonds is 16. The molecule has 3 aromatic heterocycles. The maximum Gasteiger partial charge on any atom is 3.00 e. The maximum absolute atomic E-state index is 5.99. The first-order valence-corrected chi connectivity index (χ1v) is 41.5. The van der Waals surface area contributed by atoms with Gasteiger partial charge in [-0.05, 0) is 144 Å². The number of thiazole rings is 1. The van der Waals surface area contributed by atoms with Gasteiger partial charge in [0.15, 0.2) is 0 Å². The summed E-state index contributed by atoms with van der Waals surface area (Å²) in [6.45, 7) is 14.9. The van der Waals surface area contributed by atoms with E-state index in [4.69, 9.17) is 4.42 Å². The molecule has 20 rings (SSSR count). The van der Waals surface area contributed by atoms with E-state index in [1.54, 1.807) is 28.4 Å². The summed E-state index contributed by atoms with van der Waals surface area (Å²) < 4.78 is 7.77. The summed E-state index contributed by atoms with van der Waals surface area (Å²) in [4.78, 5) is 16.5. The molecule has 0 spiro atoms. The number of nitrogens with zero attached hydrogens (tertiary/aromatic N) is 9. The smallest absolute Gasteiger partial charge is 0.516 e. The Morgan fingerprint density at radius 3 is 1.58 bits per heavy atom. The van der Waals surface area contributed by atoms with Crippen LogP contribution in [0.25, 0.3) is 93.8 Å². The van der Waals surface area contributed by atoms with Crippen molar-refractivity contribution >= 4 is 84.5 Å². The number of hydrogen-bond donors (Lipinski definition) is 2. The van der Waals surface area contributed by atoms with Crippen LogP contribution in [0.5, 0.6) is 0 Å². The van der Waals surface area contributed by atoms with Gasteiger partial charge in [-0.1, -0.05) is 197 Å². The first-order valence-electron chi connectivity index (χ1n) is 40.7. The van der Waals surface area contributed by atoms with Gasteiger partial charge in [0.2, 0.25) is 0 Å². The van der Waals surface area contributed by atoms with E-state index < -0.39 is 0 Å². The minimum atomic E-state index is 0. The van der Waals surface area contributed by atoms with Crippen LogP contribution >= 0.6 is 11.3 Å². The molecule has 2 aliphatic heterocycles. The summed E-state index contributed by atoms with van der Waals surface area (Å²) in [7, 11) is 11.9. The van der Waals surface area contributed by atoms with Crippen molar-refractivity contribution in [3.05, 3.63) is 462 Å². The van der Waals surface area contributed by atoms with E-state index in [1.165, 1.54) is 78.1 Å². The van der Waals surface area contributed by atoms with Gasteiger partial charge in [0, 0.05) is 89.7 Å². The van der Waals surface area contributed by atoms with Crippen molar-refractivity contribution in [1.29, 1.82) is 0 Å². The Kier molecular flexibility index (Phi) is 33.1. The second-order valence-electron chi connectivity index (χ2n) is 29.3. The zero-order chi connectivity index (χ0) is 84.8. The molecule has 0 atom stereocenters. The minimum Gasteiger partial charge on any atom is -0.516 e. The zero-order valence-corrected chi connectivity index (χ0v) is 79.1. The monoisotopic (exact) mass is 2190 g/mol. The molecule has 0 bridgehead atoms. The summed E-state index contributed by atoms with van der Waals surface area (Å²) in [6, 6.07) is 136. The molecule has 2 N–H and O–H groups in total. The largest absolute Gasteiger partial charge is 3.00 e. The molecule has 18 aromatic rings. The van der Waals surface area contributed by atoms with Crippen molar-refractivity contribution in [1.82, 2.24) is 25.0 Å². The number of nitrogens with one attached hydrogen (secondary N) is 2. The number of benzene rings is 15. The molecule has 16 heteroatoms. The third-order valence-corrected chi connectivity index (χ3v) is 21.7. The fourth-order valence-electron chi connectivity index (χ4n) is 15.0. The molecule has 5 heterocycles. The van der Waals surface area contributed by atoms with Crippen molar-refractivity contribution in [3.8, 4) is 71.9 Å². The second-order valence-corrected chi connectivity index (χ2v) is 30.2. The molecule has 12 nitrogen and oxygen atoms in total. The molecule has 0 saturated carbocycles. The molecule has 0 fully saturated rings. The Balaban J connectivity index is 0.000000142. The molecule has 0 unspecified atom stereocenters. The zero-order valence-electron chi connectivity index (χ0n) is 71.1. The van der Waals surface area contributed by atoms with Crippen LogP contribution < -0.4 is 35.1 Å². The molecule has 0 saturated heterocycles. The van der Waals surface area contributed by atoms with Gasteiger partial charge in [-0.3, -0.25) is 16.7 Å². The van der Waals surface area contributed by atoms with E-state index in [-0.39, 0.29) is 60.3 Å². The van der Waals surface area contributed by atoms with Gasteiger partial charge in [0.05, 0.1) is 5.69 Å². The molecule has 0 amide bonds. The standard InChI is InChI=1S/C28H24N2.C28H26N2.C22H16N2O.C14H14N2.C9H7N2.C9H6NS.3Ir/c1-20-17-24(22-9-5-4-6-10-22)18-21(2)28(20)23-13-15-25(16-14-23)30-19-29(3)26-11-7-8-12-27(26)30;1-21-18-25(23-10-6-4-7-11-23)19-22(2)28(21)24-14-16-27(17-15-24)30(20-29-3)26-12-8-5-9-13-26;1-23-12-13-24(15-23)18-9-6-16(7-10-18)17-8-11-20-19-4-2-3-5-21(19)25-22(20)14-17;1-15-13-10-6-7-11-14(13)16(2)12-8-4-3-5-9-12;1-2-5-9(6-3-1)11-8-4-7-10-11;1-2-4-8(5-3-1)9-10-6-7-11-9;;;/h4-15,17-19H,1-3H3;4-16,18-20,29H,1-3H3;2-9,11-15H,1H3;3-8,10-11,15H,2H2,1H3;1-5,7-8H;1-4,6-7H;;;/q4*-2;2*-1;;2*+3. The van der Waals surface area contributed by atoms with Crippen molar-refractivity contribution in [2.45, 2.75) is 27.7 Å². The number of para-hydroxylation sites is 8. The molecule has 631 valence electrons. The summed E-state index contributed by atoms with van der Waals surface area (Å²) in [5.41, 5.74) is 30.8.